The van der Waals surface area contributed by atoms with E-state index in [0.717, 1.165) is 17.8 Å². The molecule has 1 heterocycles. The number of ether oxygens (including phenoxy) is 2. The second-order valence-electron chi connectivity index (χ2n) is 5.18. The Kier molecular flexibility index (Phi) is 7.75. The van der Waals surface area contributed by atoms with E-state index in [1.54, 1.807) is 19.1 Å². The monoisotopic (exact) mass is 448 g/mol. The summed E-state index contributed by atoms with van der Waals surface area (Å²) in [5.41, 5.74) is 0.0345. The lowest BCUT2D eigenvalue weighted by molar-refractivity contribution is 0.00416. The summed E-state index contributed by atoms with van der Waals surface area (Å²) in [4.78, 5) is 23.3. The number of anilines is 1. The minimum Gasteiger partial charge on any atom is -0.467 e. The maximum absolute atomic E-state index is 12.4. The Morgan fingerprint density at radius 3 is 2.68 bits per heavy atom. The molecule has 152 valence electrons. The first kappa shape index (κ1) is 22.1. The normalized spacial score (nSPS) is 11.1. The predicted octanol–water partition coefficient (Wildman–Crippen LogP) is 3.20. The third-order valence-electron chi connectivity index (χ3n) is 3.26. The van der Waals surface area contributed by atoms with Gasteiger partial charge in [0.25, 0.3) is 0 Å². The van der Waals surface area contributed by atoms with Crippen LogP contribution in [-0.2, 0) is 26.0 Å². The highest BCUT2D eigenvalue weighted by molar-refractivity contribution is 8.13. The van der Waals surface area contributed by atoms with Crippen LogP contribution in [0.15, 0.2) is 39.8 Å². The number of sulfonamides is 1. The van der Waals surface area contributed by atoms with Crippen LogP contribution in [0.2, 0.25) is 5.02 Å². The second kappa shape index (κ2) is 9.82. The summed E-state index contributed by atoms with van der Waals surface area (Å²) in [5, 5.41) is 7.26. The molecule has 2 aromatic rings. The van der Waals surface area contributed by atoms with Gasteiger partial charge in [-0.25, -0.2) is 23.1 Å². The van der Waals surface area contributed by atoms with E-state index in [1.165, 1.54) is 12.3 Å². The zero-order valence-electron chi connectivity index (χ0n) is 14.6. The van der Waals surface area contributed by atoms with Crippen LogP contribution in [0.5, 0.6) is 0 Å². The molecule has 0 bridgehead atoms. The van der Waals surface area contributed by atoms with Gasteiger partial charge in [-0.2, -0.15) is 0 Å². The number of carbonyl (C=O) groups is 2. The quantitative estimate of drug-likeness (QED) is 0.460. The summed E-state index contributed by atoms with van der Waals surface area (Å²) < 4.78 is 38.2. The Morgan fingerprint density at radius 1 is 1.32 bits per heavy atom. The first-order chi connectivity index (χ1) is 13.2. The molecule has 12 heteroatoms. The number of benzene rings is 1. The highest BCUT2D eigenvalue weighted by atomic mass is 35.5. The lowest BCUT2D eigenvalue weighted by Gasteiger charge is -2.14. The van der Waals surface area contributed by atoms with Gasteiger partial charge < -0.3 is 19.2 Å². The van der Waals surface area contributed by atoms with Crippen LogP contribution in [0.3, 0.4) is 0 Å². The van der Waals surface area contributed by atoms with Crippen molar-refractivity contribution in [1.29, 1.82) is 0 Å². The molecular weight excluding hydrogens is 432 g/mol. The molecule has 0 fully saturated rings. The molecule has 0 spiro atoms. The molecule has 1 aromatic carbocycles. The largest absolute Gasteiger partial charge is 0.467 e. The molecule has 0 saturated heterocycles. The second-order valence-corrected chi connectivity index (χ2v) is 8.32. The zero-order chi connectivity index (χ0) is 20.7. The number of hydrogen-bond donors (Lipinski definition) is 2. The number of hydrogen-bond acceptors (Lipinski definition) is 9. The lowest BCUT2D eigenvalue weighted by atomic mass is 10.1. The van der Waals surface area contributed by atoms with E-state index in [0.29, 0.717) is 11.5 Å². The van der Waals surface area contributed by atoms with Gasteiger partial charge >= 0.3 is 11.3 Å². The number of furan rings is 1. The number of nitrogens with one attached hydrogen (secondary N) is 1. The van der Waals surface area contributed by atoms with E-state index >= 15 is 0 Å². The van der Waals surface area contributed by atoms with Crippen LogP contribution >= 0.6 is 23.4 Å². The Morgan fingerprint density at radius 2 is 2.07 bits per heavy atom. The Labute approximate surface area is 170 Å². The third kappa shape index (κ3) is 6.16. The number of esters is 1. The van der Waals surface area contributed by atoms with Gasteiger partial charge in [0.15, 0.2) is 0 Å². The maximum Gasteiger partial charge on any atom is 0.370 e. The molecule has 3 N–H and O–H groups in total. The minimum atomic E-state index is -4.18. The van der Waals surface area contributed by atoms with Crippen molar-refractivity contribution in [2.45, 2.75) is 18.4 Å². The molecule has 0 saturated carbocycles. The number of nitrogens with two attached hydrogens (primary N) is 1. The molecule has 0 aliphatic heterocycles. The summed E-state index contributed by atoms with van der Waals surface area (Å²) >= 11 is 6.89. The minimum absolute atomic E-state index is 0.154. The van der Waals surface area contributed by atoms with Crippen molar-refractivity contribution in [2.24, 2.45) is 5.14 Å². The number of thioether (sulfide) groups is 1. The predicted molar refractivity (Wildman–Crippen MR) is 104 cm³/mol. The van der Waals surface area contributed by atoms with Crippen molar-refractivity contribution in [1.82, 2.24) is 0 Å². The van der Waals surface area contributed by atoms with Crippen molar-refractivity contribution in [3.8, 4) is 0 Å². The van der Waals surface area contributed by atoms with Crippen molar-refractivity contribution in [2.75, 3.05) is 17.9 Å². The number of carbonyl (C=O) groups excluding carboxylic acids is 2. The van der Waals surface area contributed by atoms with E-state index in [4.69, 9.17) is 30.6 Å². The molecule has 1 aromatic heterocycles. The highest BCUT2D eigenvalue weighted by Crippen LogP contribution is 2.29. The van der Waals surface area contributed by atoms with Gasteiger partial charge in [0, 0.05) is 5.75 Å². The lowest BCUT2D eigenvalue weighted by Crippen LogP contribution is -2.17. The molecule has 9 nitrogen and oxygen atoms in total. The average Bonchev–Trinajstić information content (AvgIpc) is 3.12. The van der Waals surface area contributed by atoms with Gasteiger partial charge in [0.05, 0.1) is 29.1 Å². The van der Waals surface area contributed by atoms with E-state index in [9.17, 15) is 18.0 Å². The maximum atomic E-state index is 12.4. The van der Waals surface area contributed by atoms with Crippen LogP contribution in [0.4, 0.5) is 10.5 Å². The summed E-state index contributed by atoms with van der Waals surface area (Å²) in [6.45, 7) is 1.33. The van der Waals surface area contributed by atoms with Gasteiger partial charge in [-0.15, -0.1) is 0 Å². The fourth-order valence-electron chi connectivity index (χ4n) is 2.05. The Hall–Kier alpha value is -2.21. The zero-order valence-corrected chi connectivity index (χ0v) is 17.0. The summed E-state index contributed by atoms with van der Waals surface area (Å²) in [5.74, 6) is 0.136. The van der Waals surface area contributed by atoms with Crippen LogP contribution in [0, 0.1) is 0 Å². The number of rotatable bonds is 8. The standard InChI is InChI=1S/C16H17ClN2O7S2/c1-2-27-16(21)26-9-25-15(20)11-6-14(28(18,22)23)12(17)7-13(11)19-8-10-4-3-5-24-10/h3-7,19H,2,8-9H2,1H3,(H2,18,22,23). The topological polar surface area (TPSA) is 138 Å². The van der Waals surface area contributed by atoms with Gasteiger partial charge in [-0.3, -0.25) is 0 Å². The summed E-state index contributed by atoms with van der Waals surface area (Å²) in [6.07, 6.45) is 1.48. The van der Waals surface area contributed by atoms with E-state index in [-0.39, 0.29) is 22.8 Å². The van der Waals surface area contributed by atoms with Crippen LogP contribution in [-0.4, -0.2) is 32.2 Å². The highest BCUT2D eigenvalue weighted by Gasteiger charge is 2.22. The van der Waals surface area contributed by atoms with E-state index < -0.39 is 33.0 Å². The van der Waals surface area contributed by atoms with Crippen LogP contribution in [0.25, 0.3) is 0 Å². The van der Waals surface area contributed by atoms with Crippen LogP contribution in [0.1, 0.15) is 23.0 Å². The molecular formula is C16H17ClN2O7S2. The van der Waals surface area contributed by atoms with Gasteiger partial charge in [-0.05, 0) is 36.0 Å². The van der Waals surface area contributed by atoms with Gasteiger partial charge in [-0.1, -0.05) is 18.5 Å². The molecule has 0 amide bonds. The fraction of sp³-hybridized carbons (Fsp3) is 0.250. The van der Waals surface area contributed by atoms with Crippen molar-refractivity contribution >= 4 is 50.3 Å². The van der Waals surface area contributed by atoms with E-state index in [2.05, 4.69) is 5.32 Å². The smallest absolute Gasteiger partial charge is 0.370 e. The molecule has 0 aliphatic rings. The van der Waals surface area contributed by atoms with Crippen molar-refractivity contribution < 1.29 is 31.9 Å². The van der Waals surface area contributed by atoms with Crippen molar-refractivity contribution in [3.05, 3.63) is 46.9 Å². The van der Waals surface area contributed by atoms with Gasteiger partial charge in [0.2, 0.25) is 16.8 Å². The van der Waals surface area contributed by atoms with Crippen LogP contribution < -0.4 is 10.5 Å². The fourth-order valence-corrected chi connectivity index (χ4v) is 3.52. The molecule has 28 heavy (non-hydrogen) atoms. The van der Waals surface area contributed by atoms with E-state index in [1.807, 2.05) is 0 Å². The van der Waals surface area contributed by atoms with Crippen molar-refractivity contribution in [3.63, 3.8) is 0 Å². The average molecular weight is 449 g/mol. The number of halogens is 1. The molecule has 0 unspecified atom stereocenters. The molecule has 0 atom stereocenters. The molecule has 2 rings (SSSR count). The summed E-state index contributed by atoms with van der Waals surface area (Å²) in [6, 6.07) is 5.62. The number of primary sulfonamides is 1. The molecule has 0 aliphatic carbocycles. The Bertz CT molecular complexity index is 946. The first-order valence-corrected chi connectivity index (χ1v) is 10.7. The molecule has 0 radical (unpaired) electrons. The summed E-state index contributed by atoms with van der Waals surface area (Å²) in [7, 11) is -4.18. The third-order valence-corrected chi connectivity index (χ3v) is 5.28. The SMILES string of the molecule is CCSC(=O)OCOC(=O)c1cc(S(N)(=O)=O)c(Cl)cc1NCc1ccco1. The Balaban J connectivity index is 2.24. The first-order valence-electron chi connectivity index (χ1n) is 7.81. The van der Waals surface area contributed by atoms with Gasteiger partial charge in [0.1, 0.15) is 10.7 Å².